The van der Waals surface area contributed by atoms with Crippen LogP contribution in [0.3, 0.4) is 0 Å². The molecule has 0 spiro atoms. The van der Waals surface area contributed by atoms with Crippen LogP contribution in [0.15, 0.2) is 71.9 Å². The van der Waals surface area contributed by atoms with Gasteiger partial charge in [0.2, 0.25) is 17.7 Å². The van der Waals surface area contributed by atoms with E-state index in [1.807, 2.05) is 30.3 Å². The Bertz CT molecular complexity index is 1140. The molecule has 1 fully saturated rings. The number of nitrogens with zero attached hydrogens (tertiary/aromatic N) is 3. The molecular weight excluding hydrogens is 445 g/mol. The zero-order chi connectivity index (χ0) is 23.2. The lowest BCUT2D eigenvalue weighted by atomic mass is 10.0. The van der Waals surface area contributed by atoms with Crippen molar-refractivity contribution in [3.05, 3.63) is 78.4 Å². The number of piperazine rings is 1. The third kappa shape index (κ3) is 5.78. The fourth-order valence-corrected chi connectivity index (χ4v) is 4.24. The molecule has 33 heavy (non-hydrogen) atoms. The Hall–Kier alpha value is -3.66. The highest BCUT2D eigenvalue weighted by Crippen LogP contribution is 2.24. The van der Waals surface area contributed by atoms with Gasteiger partial charge in [0.25, 0.3) is 0 Å². The second-order valence-electron chi connectivity index (χ2n) is 7.41. The molecule has 2 N–H and O–H groups in total. The average molecular weight is 468 g/mol. The molecule has 0 radical (unpaired) electrons. The van der Waals surface area contributed by atoms with E-state index in [0.717, 1.165) is 4.90 Å². The van der Waals surface area contributed by atoms with Crippen molar-refractivity contribution in [2.75, 3.05) is 24.2 Å². The Morgan fingerprint density at radius 2 is 1.91 bits per heavy atom. The van der Waals surface area contributed by atoms with Gasteiger partial charge in [0.15, 0.2) is 0 Å². The van der Waals surface area contributed by atoms with E-state index in [1.165, 1.54) is 51.8 Å². The normalized spacial score (nSPS) is 15.7. The number of halogens is 1. The van der Waals surface area contributed by atoms with Crippen LogP contribution in [0.1, 0.15) is 11.6 Å². The van der Waals surface area contributed by atoms with Gasteiger partial charge in [-0.2, -0.15) is 5.10 Å². The van der Waals surface area contributed by atoms with Gasteiger partial charge in [-0.15, -0.1) is 11.8 Å². The molecule has 8 nitrogen and oxygen atoms in total. The third-order valence-corrected chi connectivity index (χ3v) is 6.06. The van der Waals surface area contributed by atoms with Crippen LogP contribution in [0.2, 0.25) is 0 Å². The number of carbonyl (C=O) groups is 3. The van der Waals surface area contributed by atoms with Crippen molar-refractivity contribution < 1.29 is 18.8 Å². The Morgan fingerprint density at radius 1 is 1.15 bits per heavy atom. The zero-order valence-corrected chi connectivity index (χ0v) is 18.4. The summed E-state index contributed by atoms with van der Waals surface area (Å²) in [6.07, 6.45) is 3.04. The largest absolute Gasteiger partial charge is 0.352 e. The van der Waals surface area contributed by atoms with Gasteiger partial charge < -0.3 is 15.5 Å². The molecule has 0 bridgehead atoms. The van der Waals surface area contributed by atoms with Gasteiger partial charge in [-0.3, -0.25) is 19.1 Å². The molecule has 170 valence electrons. The van der Waals surface area contributed by atoms with E-state index in [9.17, 15) is 18.8 Å². The molecule has 1 aliphatic rings. The number of amides is 3. The Labute approximate surface area is 194 Å². The number of anilines is 1. The summed E-state index contributed by atoms with van der Waals surface area (Å²) >= 11 is 1.42. The minimum Gasteiger partial charge on any atom is -0.352 e. The van der Waals surface area contributed by atoms with Gasteiger partial charge in [-0.25, -0.2) is 4.39 Å². The van der Waals surface area contributed by atoms with Crippen molar-refractivity contribution in [3.63, 3.8) is 0 Å². The highest BCUT2D eigenvalue weighted by molar-refractivity contribution is 8.00. The predicted molar refractivity (Wildman–Crippen MR) is 122 cm³/mol. The standard InChI is InChI=1S/C23H22FN5O3S/c24-17-8-6-16(7-9-17)22-23(32)25-10-11-29(22)21(31)14-28-13-18(12-26-28)27-20(30)15-33-19-4-2-1-3-5-19/h1-9,12-13,22H,10-11,14-15H2,(H,25,32)(H,27,30)/t22-/m0/s1. The number of aromatic nitrogens is 2. The predicted octanol–water partition coefficient (Wildman–Crippen LogP) is 2.45. The number of thioether (sulfide) groups is 1. The van der Waals surface area contributed by atoms with Crippen LogP contribution in [0.5, 0.6) is 0 Å². The summed E-state index contributed by atoms with van der Waals surface area (Å²) < 4.78 is 14.7. The quantitative estimate of drug-likeness (QED) is 0.521. The van der Waals surface area contributed by atoms with E-state index in [-0.39, 0.29) is 30.0 Å². The fourth-order valence-electron chi connectivity index (χ4n) is 3.52. The van der Waals surface area contributed by atoms with E-state index in [4.69, 9.17) is 0 Å². The van der Waals surface area contributed by atoms with Crippen LogP contribution in [-0.2, 0) is 20.9 Å². The lowest BCUT2D eigenvalue weighted by Crippen LogP contribution is -2.52. The van der Waals surface area contributed by atoms with Crippen molar-refractivity contribution in [2.24, 2.45) is 0 Å². The number of rotatable bonds is 7. The first-order valence-corrected chi connectivity index (χ1v) is 11.3. The van der Waals surface area contributed by atoms with Gasteiger partial charge >= 0.3 is 0 Å². The topological polar surface area (TPSA) is 96.3 Å². The summed E-state index contributed by atoms with van der Waals surface area (Å²) in [7, 11) is 0. The summed E-state index contributed by atoms with van der Waals surface area (Å²) in [4.78, 5) is 40.1. The SMILES string of the molecule is O=C(CSc1ccccc1)Nc1cnn(CC(=O)N2CCNC(=O)[C@@H]2c2ccc(F)cc2)c1. The molecule has 2 aromatic carbocycles. The molecule has 0 unspecified atom stereocenters. The molecule has 10 heteroatoms. The van der Waals surface area contributed by atoms with Crippen LogP contribution in [0, 0.1) is 5.82 Å². The van der Waals surface area contributed by atoms with Crippen molar-refractivity contribution in [3.8, 4) is 0 Å². The fraction of sp³-hybridized carbons (Fsp3) is 0.217. The molecule has 1 aromatic heterocycles. The first kappa shape index (κ1) is 22.5. The Kier molecular flexibility index (Phi) is 7.04. The maximum atomic E-state index is 13.3. The molecule has 0 aliphatic carbocycles. The number of hydrogen-bond donors (Lipinski definition) is 2. The van der Waals surface area contributed by atoms with Gasteiger partial charge in [-0.05, 0) is 29.8 Å². The van der Waals surface area contributed by atoms with E-state index < -0.39 is 11.9 Å². The minimum atomic E-state index is -0.836. The van der Waals surface area contributed by atoms with Crippen molar-refractivity contribution in [2.45, 2.75) is 17.5 Å². The minimum absolute atomic E-state index is 0.0976. The summed E-state index contributed by atoms with van der Waals surface area (Å²) in [6.45, 7) is 0.565. The second kappa shape index (κ2) is 10.3. The molecule has 2 heterocycles. The lowest BCUT2D eigenvalue weighted by molar-refractivity contribution is -0.144. The Balaban J connectivity index is 1.36. The average Bonchev–Trinajstić information content (AvgIpc) is 3.25. The number of benzene rings is 2. The first-order chi connectivity index (χ1) is 16.0. The molecule has 3 amide bonds. The summed E-state index contributed by atoms with van der Waals surface area (Å²) in [5, 5.41) is 9.66. The van der Waals surface area contributed by atoms with Gasteiger partial charge in [0, 0.05) is 24.2 Å². The molecule has 4 rings (SSSR count). The highest BCUT2D eigenvalue weighted by Gasteiger charge is 2.34. The Morgan fingerprint density at radius 3 is 2.67 bits per heavy atom. The first-order valence-electron chi connectivity index (χ1n) is 10.3. The maximum Gasteiger partial charge on any atom is 0.247 e. The van der Waals surface area contributed by atoms with Crippen LogP contribution >= 0.6 is 11.8 Å². The molecule has 1 aliphatic heterocycles. The van der Waals surface area contributed by atoms with Crippen molar-refractivity contribution in [1.82, 2.24) is 20.0 Å². The van der Waals surface area contributed by atoms with Crippen LogP contribution in [0.25, 0.3) is 0 Å². The zero-order valence-electron chi connectivity index (χ0n) is 17.6. The monoisotopic (exact) mass is 467 g/mol. The molecule has 3 aromatic rings. The van der Waals surface area contributed by atoms with E-state index in [2.05, 4.69) is 15.7 Å². The van der Waals surface area contributed by atoms with E-state index in [1.54, 1.807) is 6.20 Å². The highest BCUT2D eigenvalue weighted by atomic mass is 32.2. The van der Waals surface area contributed by atoms with Crippen LogP contribution in [0.4, 0.5) is 10.1 Å². The molecular formula is C23H22FN5O3S. The summed E-state index contributed by atoms with van der Waals surface area (Å²) in [5.41, 5.74) is 1.01. The van der Waals surface area contributed by atoms with Crippen molar-refractivity contribution in [1.29, 1.82) is 0 Å². The number of carbonyl (C=O) groups excluding carboxylic acids is 3. The number of hydrogen-bond acceptors (Lipinski definition) is 5. The lowest BCUT2D eigenvalue weighted by Gasteiger charge is -2.35. The van der Waals surface area contributed by atoms with Gasteiger partial charge in [0.1, 0.15) is 18.4 Å². The maximum absolute atomic E-state index is 13.3. The van der Waals surface area contributed by atoms with Crippen LogP contribution < -0.4 is 10.6 Å². The van der Waals surface area contributed by atoms with E-state index >= 15 is 0 Å². The smallest absolute Gasteiger partial charge is 0.247 e. The summed E-state index contributed by atoms with van der Waals surface area (Å²) in [5.74, 6) is -0.971. The summed E-state index contributed by atoms with van der Waals surface area (Å²) in [6, 6.07) is 14.3. The third-order valence-electron chi connectivity index (χ3n) is 5.05. The van der Waals surface area contributed by atoms with Crippen molar-refractivity contribution >= 4 is 35.2 Å². The number of nitrogens with one attached hydrogen (secondary N) is 2. The molecule has 1 saturated heterocycles. The molecule has 1 atom stereocenters. The van der Waals surface area contributed by atoms with Crippen LogP contribution in [-0.4, -0.2) is 51.2 Å². The van der Waals surface area contributed by atoms with Gasteiger partial charge in [-0.1, -0.05) is 30.3 Å². The van der Waals surface area contributed by atoms with Gasteiger partial charge in [0.05, 0.1) is 17.6 Å². The molecule has 0 saturated carbocycles. The van der Waals surface area contributed by atoms with E-state index in [0.29, 0.717) is 24.3 Å². The second-order valence-corrected chi connectivity index (χ2v) is 8.46.